The van der Waals surface area contributed by atoms with Crippen molar-refractivity contribution in [3.63, 3.8) is 0 Å². The van der Waals surface area contributed by atoms with Crippen LogP contribution in [0.5, 0.6) is 0 Å². The molecule has 3 unspecified atom stereocenters. The van der Waals surface area contributed by atoms with Crippen molar-refractivity contribution in [2.45, 2.75) is 250 Å². The number of unbranched alkanes of at least 4 members (excludes halogenated alkanes) is 22. The molecular weight excluding hydrogens is 925 g/mol. The largest absolute Gasteiger partial charge is 0.377 e. The van der Waals surface area contributed by atoms with E-state index >= 15 is 0 Å². The Morgan fingerprint density at radius 2 is 1.00 bits per heavy atom. The van der Waals surface area contributed by atoms with Gasteiger partial charge in [0.05, 0.1) is 19.8 Å². The summed E-state index contributed by atoms with van der Waals surface area (Å²) in [4.78, 5) is 85.4. The van der Waals surface area contributed by atoms with Gasteiger partial charge in [-0.1, -0.05) is 142 Å². The summed E-state index contributed by atoms with van der Waals surface area (Å²) >= 11 is 0. The van der Waals surface area contributed by atoms with Crippen molar-refractivity contribution < 1.29 is 38.2 Å². The molecule has 3 atom stereocenters. The van der Waals surface area contributed by atoms with Gasteiger partial charge in [-0.15, -0.1) is 0 Å². The molecule has 0 aliphatic carbocycles. The molecular formula is C57H108N8O8. The van der Waals surface area contributed by atoms with Gasteiger partial charge in [-0.25, -0.2) is 0 Å². The number of nitrogens with zero attached hydrogens (tertiary/aromatic N) is 3. The van der Waals surface area contributed by atoms with Gasteiger partial charge >= 0.3 is 0 Å². The highest BCUT2D eigenvalue weighted by Crippen LogP contribution is 2.22. The molecule has 0 radical (unpaired) electrons. The summed E-state index contributed by atoms with van der Waals surface area (Å²) in [6.07, 6.45) is 34.2. The molecule has 424 valence electrons. The van der Waals surface area contributed by atoms with Crippen LogP contribution in [0.2, 0.25) is 0 Å². The first-order valence-electron chi connectivity index (χ1n) is 30.0. The molecule has 0 aromatic carbocycles. The minimum atomic E-state index is -0.840. The minimum Gasteiger partial charge on any atom is -0.377 e. The molecule has 2 saturated heterocycles. The molecule has 0 bridgehead atoms. The van der Waals surface area contributed by atoms with Crippen molar-refractivity contribution in [3.8, 4) is 0 Å². The molecule has 2 fully saturated rings. The third kappa shape index (κ3) is 31.3. The fourth-order valence-corrected chi connectivity index (χ4v) is 10.1. The van der Waals surface area contributed by atoms with E-state index < -0.39 is 18.1 Å². The van der Waals surface area contributed by atoms with E-state index in [1.807, 2.05) is 0 Å². The second kappa shape index (κ2) is 44.9. The average molecular weight is 1030 g/mol. The lowest BCUT2D eigenvalue weighted by molar-refractivity contribution is -0.139. The number of amides is 6. The number of nitrogens with two attached hydrogens (primary N) is 2. The normalized spacial score (nSPS) is 15.9. The molecule has 2 aliphatic heterocycles. The Labute approximate surface area is 443 Å². The van der Waals surface area contributed by atoms with Crippen LogP contribution in [-0.4, -0.2) is 147 Å². The number of hydrogen-bond donors (Lipinski definition) is 5. The number of hydrogen-bond acceptors (Lipinski definition) is 10. The van der Waals surface area contributed by atoms with E-state index in [-0.39, 0.29) is 68.4 Å². The van der Waals surface area contributed by atoms with Crippen molar-refractivity contribution in [2.24, 2.45) is 11.5 Å². The smallest absolute Gasteiger partial charge is 0.248 e. The monoisotopic (exact) mass is 1030 g/mol. The molecule has 0 aromatic rings. The second-order valence-electron chi connectivity index (χ2n) is 20.9. The maximum Gasteiger partial charge on any atom is 0.248 e. The Morgan fingerprint density at radius 3 is 1.52 bits per heavy atom. The quantitative estimate of drug-likeness (QED) is 0.0368. The molecule has 16 nitrogen and oxygen atoms in total. The van der Waals surface area contributed by atoms with Gasteiger partial charge in [-0.2, -0.15) is 0 Å². The first kappa shape index (κ1) is 65.8. The molecule has 0 aromatic heterocycles. The van der Waals surface area contributed by atoms with Gasteiger partial charge in [0.25, 0.3) is 0 Å². The number of rotatable bonds is 48. The van der Waals surface area contributed by atoms with Gasteiger partial charge in [-0.05, 0) is 90.1 Å². The van der Waals surface area contributed by atoms with E-state index in [1.54, 1.807) is 14.7 Å². The Kier molecular flexibility index (Phi) is 40.5. The van der Waals surface area contributed by atoms with Gasteiger partial charge in [-0.3, -0.25) is 28.8 Å². The van der Waals surface area contributed by atoms with Crippen LogP contribution in [0.1, 0.15) is 232 Å². The lowest BCUT2D eigenvalue weighted by atomic mass is 10.0. The number of nitrogens with one attached hydrogen (secondary N) is 3. The van der Waals surface area contributed by atoms with Crippen LogP contribution >= 0.6 is 0 Å². The summed E-state index contributed by atoms with van der Waals surface area (Å²) in [6.45, 7) is 9.11. The SMILES string of the molecule is CCCCCCCCCCCCCC(=O)N1CCCC1C(=O)NCCCCC(NC(=O)C1CCCN1C(=O)CCCCCCCCCCCCC)C(=O)NCCOCCOCC(=O)N(CCCN)CCCCN. The van der Waals surface area contributed by atoms with Gasteiger partial charge in [0.1, 0.15) is 24.7 Å². The topological polar surface area (TPSA) is 219 Å². The third-order valence-electron chi connectivity index (χ3n) is 14.6. The van der Waals surface area contributed by atoms with Crippen molar-refractivity contribution in [1.82, 2.24) is 30.7 Å². The fourth-order valence-electron chi connectivity index (χ4n) is 10.1. The summed E-state index contributed by atoms with van der Waals surface area (Å²) in [5, 5.41) is 8.94. The lowest BCUT2D eigenvalue weighted by Gasteiger charge is -2.26. The summed E-state index contributed by atoms with van der Waals surface area (Å²) in [5.41, 5.74) is 11.3. The molecule has 73 heavy (non-hydrogen) atoms. The van der Waals surface area contributed by atoms with E-state index in [9.17, 15) is 28.8 Å². The van der Waals surface area contributed by atoms with E-state index in [0.29, 0.717) is 97.2 Å². The zero-order chi connectivity index (χ0) is 53.0. The van der Waals surface area contributed by atoms with E-state index in [0.717, 1.165) is 64.2 Å². The predicted molar refractivity (Wildman–Crippen MR) is 294 cm³/mol. The highest BCUT2D eigenvalue weighted by Gasteiger charge is 2.36. The Hall–Kier alpha value is -3.34. The number of carbonyl (C=O) groups excluding carboxylic acids is 6. The molecule has 2 aliphatic rings. The zero-order valence-corrected chi connectivity index (χ0v) is 46.5. The number of likely N-dealkylation sites (tertiary alicyclic amines) is 2. The first-order chi connectivity index (χ1) is 35.7. The molecule has 2 heterocycles. The molecule has 16 heteroatoms. The standard InChI is InChI=1S/C57H108N8O8/c1-3-5-7-9-11-13-15-17-19-21-23-35-52(66)64-43-29-33-50(64)56(70)60-39-27-25-32-49(55(69)61-40-45-72-46-47-73-48-54(68)63(42-31-38-59)41-28-26-37-58)62-57(71)51-34-30-44-65(51)53(67)36-24-22-20-18-16-14-12-10-8-6-4-2/h49-51H,3-48,58-59H2,1-2H3,(H,60,70)(H,61,69)(H,62,71). The third-order valence-corrected chi connectivity index (χ3v) is 14.6. The lowest BCUT2D eigenvalue weighted by Crippen LogP contribution is -2.53. The Bertz CT molecular complexity index is 1460. The van der Waals surface area contributed by atoms with Crippen LogP contribution in [0.25, 0.3) is 0 Å². The predicted octanol–water partition coefficient (Wildman–Crippen LogP) is 8.21. The summed E-state index contributed by atoms with van der Waals surface area (Å²) in [6, 6.07) is -1.90. The highest BCUT2D eigenvalue weighted by molar-refractivity contribution is 5.92. The van der Waals surface area contributed by atoms with Gasteiger partial charge < -0.3 is 51.6 Å². The number of carbonyl (C=O) groups is 6. The summed E-state index contributed by atoms with van der Waals surface area (Å²) in [5.74, 6) is -0.827. The molecule has 0 spiro atoms. The van der Waals surface area contributed by atoms with Crippen molar-refractivity contribution in [3.05, 3.63) is 0 Å². The van der Waals surface area contributed by atoms with Crippen LogP contribution in [0.15, 0.2) is 0 Å². The Balaban J connectivity index is 1.84. The maximum atomic E-state index is 13.9. The maximum absolute atomic E-state index is 13.9. The van der Waals surface area contributed by atoms with Crippen LogP contribution in [0.4, 0.5) is 0 Å². The van der Waals surface area contributed by atoms with Gasteiger partial charge in [0.2, 0.25) is 35.4 Å². The van der Waals surface area contributed by atoms with Gasteiger partial charge in [0, 0.05) is 52.1 Å². The molecule has 2 rings (SSSR count). The first-order valence-corrected chi connectivity index (χ1v) is 30.0. The van der Waals surface area contributed by atoms with Crippen LogP contribution in [0, 0.1) is 0 Å². The Morgan fingerprint density at radius 1 is 0.521 bits per heavy atom. The second-order valence-corrected chi connectivity index (χ2v) is 20.9. The fraction of sp³-hybridized carbons (Fsp3) is 0.895. The van der Waals surface area contributed by atoms with Crippen LogP contribution in [0.3, 0.4) is 0 Å². The van der Waals surface area contributed by atoms with Crippen molar-refractivity contribution in [1.29, 1.82) is 0 Å². The zero-order valence-electron chi connectivity index (χ0n) is 46.5. The average Bonchev–Trinajstić information content (AvgIpc) is 4.10. The van der Waals surface area contributed by atoms with Crippen molar-refractivity contribution in [2.75, 3.05) is 78.8 Å². The highest BCUT2D eigenvalue weighted by atomic mass is 16.5. The summed E-state index contributed by atoms with van der Waals surface area (Å²) < 4.78 is 11.3. The van der Waals surface area contributed by atoms with Crippen LogP contribution in [-0.2, 0) is 38.2 Å². The van der Waals surface area contributed by atoms with E-state index in [2.05, 4.69) is 29.8 Å². The van der Waals surface area contributed by atoms with Crippen LogP contribution < -0.4 is 27.4 Å². The van der Waals surface area contributed by atoms with E-state index in [1.165, 1.54) is 103 Å². The number of ether oxygens (including phenoxy) is 2. The summed E-state index contributed by atoms with van der Waals surface area (Å²) in [7, 11) is 0. The minimum absolute atomic E-state index is 0.00106. The van der Waals surface area contributed by atoms with Gasteiger partial charge in [0.15, 0.2) is 0 Å². The van der Waals surface area contributed by atoms with Crippen molar-refractivity contribution >= 4 is 35.4 Å². The van der Waals surface area contributed by atoms with E-state index in [4.69, 9.17) is 20.9 Å². The molecule has 7 N–H and O–H groups in total. The molecule has 6 amide bonds. The molecule has 0 saturated carbocycles.